The van der Waals surface area contributed by atoms with Crippen LogP contribution in [0.4, 0.5) is 24.5 Å². The van der Waals surface area contributed by atoms with Crippen LogP contribution in [0.15, 0.2) is 77.7 Å². The van der Waals surface area contributed by atoms with E-state index in [2.05, 4.69) is 10.6 Å². The summed E-state index contributed by atoms with van der Waals surface area (Å²) in [4.78, 5) is 25.6. The van der Waals surface area contributed by atoms with Crippen LogP contribution in [0.2, 0.25) is 5.02 Å². The van der Waals surface area contributed by atoms with E-state index in [4.69, 9.17) is 11.6 Å². The Labute approximate surface area is 192 Å². The van der Waals surface area contributed by atoms with Crippen molar-refractivity contribution < 1.29 is 22.8 Å². The maximum atomic E-state index is 13.1. The Kier molecular flexibility index (Phi) is 7.48. The number of nitrogens with one attached hydrogen (secondary N) is 2. The van der Waals surface area contributed by atoms with Crippen LogP contribution in [0.1, 0.15) is 22.8 Å². The van der Waals surface area contributed by atoms with Gasteiger partial charge < -0.3 is 10.6 Å². The van der Waals surface area contributed by atoms with Gasteiger partial charge in [0, 0.05) is 21.2 Å². The molecule has 0 aliphatic rings. The Morgan fingerprint density at radius 1 is 0.938 bits per heavy atom. The van der Waals surface area contributed by atoms with Crippen molar-refractivity contribution in [2.24, 2.45) is 0 Å². The normalized spacial score (nSPS) is 12.2. The Balaban J connectivity index is 1.66. The first-order valence-corrected chi connectivity index (χ1v) is 10.7. The SMILES string of the molecule is CC(Sc1cccc(NC(=O)c2cccc(Cl)c2)c1)C(=O)Nc1ccccc1C(F)(F)F. The number of para-hydroxylation sites is 1. The smallest absolute Gasteiger partial charge is 0.325 e. The van der Waals surface area contributed by atoms with Crippen molar-refractivity contribution in [3.05, 3.63) is 88.9 Å². The predicted octanol–water partition coefficient (Wildman–Crippen LogP) is 6.73. The lowest BCUT2D eigenvalue weighted by Crippen LogP contribution is -2.24. The topological polar surface area (TPSA) is 58.2 Å². The van der Waals surface area contributed by atoms with E-state index in [1.165, 1.54) is 18.2 Å². The molecule has 0 spiro atoms. The number of benzene rings is 3. The molecule has 3 rings (SSSR count). The number of carbonyl (C=O) groups excluding carboxylic acids is 2. The highest BCUT2D eigenvalue weighted by Crippen LogP contribution is 2.35. The molecule has 3 aromatic rings. The molecule has 1 unspecified atom stereocenters. The lowest BCUT2D eigenvalue weighted by Gasteiger charge is -2.16. The molecule has 4 nitrogen and oxygen atoms in total. The minimum atomic E-state index is -4.57. The maximum Gasteiger partial charge on any atom is 0.418 e. The monoisotopic (exact) mass is 478 g/mol. The van der Waals surface area contributed by atoms with Gasteiger partial charge in [-0.2, -0.15) is 13.2 Å². The van der Waals surface area contributed by atoms with E-state index < -0.39 is 22.9 Å². The summed E-state index contributed by atoms with van der Waals surface area (Å²) < 4.78 is 39.4. The number of rotatable bonds is 6. The largest absolute Gasteiger partial charge is 0.418 e. The highest BCUT2D eigenvalue weighted by Gasteiger charge is 2.33. The summed E-state index contributed by atoms with van der Waals surface area (Å²) in [5.74, 6) is -0.913. The van der Waals surface area contributed by atoms with Gasteiger partial charge in [0.2, 0.25) is 5.91 Å². The van der Waals surface area contributed by atoms with Crippen molar-refractivity contribution in [1.29, 1.82) is 0 Å². The Morgan fingerprint density at radius 2 is 1.66 bits per heavy atom. The van der Waals surface area contributed by atoms with Crippen molar-refractivity contribution in [2.75, 3.05) is 10.6 Å². The summed E-state index contributed by atoms with van der Waals surface area (Å²) in [5.41, 5.74) is -0.294. The first-order valence-electron chi connectivity index (χ1n) is 9.44. The van der Waals surface area contributed by atoms with Crippen molar-refractivity contribution in [3.8, 4) is 0 Å². The summed E-state index contributed by atoms with van der Waals surface area (Å²) in [7, 11) is 0. The first-order chi connectivity index (χ1) is 15.1. The molecular formula is C23H18ClF3N2O2S. The van der Waals surface area contributed by atoms with Crippen molar-refractivity contribution >= 4 is 46.6 Å². The second-order valence-electron chi connectivity index (χ2n) is 6.78. The minimum absolute atomic E-state index is 0.292. The third kappa shape index (κ3) is 6.27. The van der Waals surface area contributed by atoms with Crippen LogP contribution in [-0.4, -0.2) is 17.1 Å². The van der Waals surface area contributed by atoms with Gasteiger partial charge in [-0.3, -0.25) is 9.59 Å². The van der Waals surface area contributed by atoms with E-state index in [-0.39, 0.29) is 11.6 Å². The van der Waals surface area contributed by atoms with Crippen LogP contribution in [0.5, 0.6) is 0 Å². The van der Waals surface area contributed by atoms with Crippen molar-refractivity contribution in [1.82, 2.24) is 0 Å². The Hall–Kier alpha value is -2.97. The Morgan fingerprint density at radius 3 is 2.38 bits per heavy atom. The third-order valence-electron chi connectivity index (χ3n) is 4.35. The molecular weight excluding hydrogens is 461 g/mol. The average molecular weight is 479 g/mol. The van der Waals surface area contributed by atoms with Crippen LogP contribution in [-0.2, 0) is 11.0 Å². The van der Waals surface area contributed by atoms with E-state index >= 15 is 0 Å². The summed E-state index contributed by atoms with van der Waals surface area (Å²) in [6.07, 6.45) is -4.57. The van der Waals surface area contributed by atoms with Crippen molar-refractivity contribution in [3.63, 3.8) is 0 Å². The lowest BCUT2D eigenvalue weighted by atomic mass is 10.1. The number of alkyl halides is 3. The average Bonchev–Trinajstić information content (AvgIpc) is 2.73. The van der Waals surface area contributed by atoms with Crippen molar-refractivity contribution in [2.45, 2.75) is 23.2 Å². The molecule has 0 aliphatic carbocycles. The number of thioether (sulfide) groups is 1. The quantitative estimate of drug-likeness (QED) is 0.386. The second kappa shape index (κ2) is 10.1. The zero-order valence-electron chi connectivity index (χ0n) is 16.7. The van der Waals surface area contributed by atoms with E-state index in [9.17, 15) is 22.8 Å². The van der Waals surface area contributed by atoms with Gasteiger partial charge in [0.15, 0.2) is 0 Å². The molecule has 0 heterocycles. The molecule has 166 valence electrons. The zero-order chi connectivity index (χ0) is 23.3. The summed E-state index contributed by atoms with van der Waals surface area (Å²) in [5, 5.41) is 4.86. The van der Waals surface area contributed by atoms with Gasteiger partial charge in [-0.15, -0.1) is 11.8 Å². The third-order valence-corrected chi connectivity index (χ3v) is 5.68. The second-order valence-corrected chi connectivity index (χ2v) is 8.64. The van der Waals surface area contributed by atoms with Crippen LogP contribution in [0.3, 0.4) is 0 Å². The first kappa shape index (κ1) is 23.7. The van der Waals surface area contributed by atoms with Gasteiger partial charge in [0.1, 0.15) is 0 Å². The molecule has 9 heteroatoms. The lowest BCUT2D eigenvalue weighted by molar-refractivity contribution is -0.137. The summed E-state index contributed by atoms with van der Waals surface area (Å²) in [6.45, 7) is 1.59. The number of anilines is 2. The number of hydrogen-bond acceptors (Lipinski definition) is 3. The Bertz CT molecular complexity index is 1140. The van der Waals surface area contributed by atoms with Crippen LogP contribution in [0.25, 0.3) is 0 Å². The highest BCUT2D eigenvalue weighted by molar-refractivity contribution is 8.00. The van der Waals surface area contributed by atoms with Gasteiger partial charge in [-0.25, -0.2) is 0 Å². The molecule has 1 atom stereocenters. The van der Waals surface area contributed by atoms with Gasteiger partial charge in [0.05, 0.1) is 16.5 Å². The maximum absolute atomic E-state index is 13.1. The van der Waals surface area contributed by atoms with E-state index in [0.717, 1.165) is 17.8 Å². The molecule has 0 bridgehead atoms. The van der Waals surface area contributed by atoms with E-state index in [0.29, 0.717) is 21.2 Å². The molecule has 0 saturated carbocycles. The minimum Gasteiger partial charge on any atom is -0.325 e. The summed E-state index contributed by atoms with van der Waals surface area (Å²) >= 11 is 7.07. The van der Waals surface area contributed by atoms with Gasteiger partial charge in [0.25, 0.3) is 5.91 Å². The fourth-order valence-corrected chi connectivity index (χ4v) is 3.93. The number of halogens is 4. The standard InChI is InChI=1S/C23H18ClF3N2O2S/c1-14(21(30)29-20-11-3-2-10-19(20)23(25,26)27)32-18-9-5-8-17(13-18)28-22(31)15-6-4-7-16(24)12-15/h2-14H,1H3,(H,28,31)(H,29,30). The fraction of sp³-hybridized carbons (Fsp3) is 0.130. The molecule has 0 aromatic heterocycles. The number of amides is 2. The molecule has 0 aliphatic heterocycles. The molecule has 2 amide bonds. The number of carbonyl (C=O) groups is 2. The molecule has 2 N–H and O–H groups in total. The molecule has 0 saturated heterocycles. The fourth-order valence-electron chi connectivity index (χ4n) is 2.81. The van der Waals surface area contributed by atoms with Crippen LogP contribution in [0, 0.1) is 0 Å². The van der Waals surface area contributed by atoms with Gasteiger partial charge >= 0.3 is 6.18 Å². The van der Waals surface area contributed by atoms with Crippen LogP contribution < -0.4 is 10.6 Å². The zero-order valence-corrected chi connectivity index (χ0v) is 18.3. The molecule has 0 fully saturated rings. The van der Waals surface area contributed by atoms with Gasteiger partial charge in [-0.1, -0.05) is 35.9 Å². The molecule has 32 heavy (non-hydrogen) atoms. The van der Waals surface area contributed by atoms with E-state index in [1.54, 1.807) is 55.5 Å². The number of hydrogen-bond donors (Lipinski definition) is 2. The highest BCUT2D eigenvalue weighted by atomic mass is 35.5. The predicted molar refractivity (Wildman–Crippen MR) is 121 cm³/mol. The summed E-state index contributed by atoms with van der Waals surface area (Å²) in [6, 6.07) is 18.1. The van der Waals surface area contributed by atoms with Gasteiger partial charge in [-0.05, 0) is 55.5 Å². The van der Waals surface area contributed by atoms with Crippen LogP contribution >= 0.6 is 23.4 Å². The molecule has 0 radical (unpaired) electrons. The van der Waals surface area contributed by atoms with E-state index in [1.807, 2.05) is 0 Å². The molecule has 3 aromatic carbocycles.